The van der Waals surface area contributed by atoms with E-state index in [1.165, 1.54) is 12.1 Å². The molecule has 6 heteroatoms. The average Bonchev–Trinajstić information content (AvgIpc) is 2.73. The Balaban J connectivity index is 2.32. The van der Waals surface area contributed by atoms with Gasteiger partial charge in [0.2, 0.25) is 0 Å². The zero-order valence-electron chi connectivity index (χ0n) is 9.40. The summed E-state index contributed by atoms with van der Waals surface area (Å²) in [5, 5.41) is 0. The van der Waals surface area contributed by atoms with Crippen molar-refractivity contribution < 1.29 is 22.0 Å². The van der Waals surface area contributed by atoms with Crippen LogP contribution in [0.25, 0.3) is 0 Å². The summed E-state index contributed by atoms with van der Waals surface area (Å²) >= 11 is 0. The minimum atomic E-state index is -5.63. The van der Waals surface area contributed by atoms with E-state index in [0.717, 1.165) is 24.0 Å². The summed E-state index contributed by atoms with van der Waals surface area (Å²) < 4.78 is 62.9. The van der Waals surface area contributed by atoms with Crippen LogP contribution < -0.4 is 5.73 Å². The highest BCUT2D eigenvalue weighted by molar-refractivity contribution is 5.37. The molecule has 1 atom stereocenters. The van der Waals surface area contributed by atoms with E-state index in [0.29, 0.717) is 6.42 Å². The van der Waals surface area contributed by atoms with Crippen molar-refractivity contribution in [2.75, 3.05) is 0 Å². The van der Waals surface area contributed by atoms with Gasteiger partial charge >= 0.3 is 12.1 Å². The first-order valence-corrected chi connectivity index (χ1v) is 5.55. The fourth-order valence-corrected chi connectivity index (χ4v) is 2.17. The standard InChI is InChI=1S/C12H12F5N/c13-11(14,12(15,16)17)10(18)9-5-4-7-2-1-3-8(7)6-9/h4-6,10H,1-3,18H2. The zero-order chi connectivity index (χ0) is 13.6. The SMILES string of the molecule is NC(c1ccc2c(c1)CCC2)C(F)(F)C(F)(F)F. The van der Waals surface area contributed by atoms with Gasteiger partial charge in [0.25, 0.3) is 0 Å². The maximum absolute atomic E-state index is 13.1. The Morgan fingerprint density at radius 1 is 1.00 bits per heavy atom. The number of alkyl halides is 5. The van der Waals surface area contributed by atoms with Crippen LogP contribution in [0.5, 0.6) is 0 Å². The largest absolute Gasteiger partial charge is 0.455 e. The lowest BCUT2D eigenvalue weighted by molar-refractivity contribution is -0.291. The minimum Gasteiger partial charge on any atom is -0.319 e. The van der Waals surface area contributed by atoms with Crippen molar-refractivity contribution in [2.24, 2.45) is 5.73 Å². The predicted octanol–water partition coefficient (Wildman–Crippen LogP) is 3.37. The van der Waals surface area contributed by atoms with E-state index in [9.17, 15) is 22.0 Å². The highest BCUT2D eigenvalue weighted by atomic mass is 19.4. The number of aryl methyl sites for hydroxylation is 2. The molecule has 0 aliphatic heterocycles. The normalized spacial score (nSPS) is 17.7. The van der Waals surface area contributed by atoms with E-state index >= 15 is 0 Å². The summed E-state index contributed by atoms with van der Waals surface area (Å²) in [4.78, 5) is 0. The second-order valence-electron chi connectivity index (χ2n) is 4.48. The van der Waals surface area contributed by atoms with Gasteiger partial charge in [0.15, 0.2) is 0 Å². The van der Waals surface area contributed by atoms with Gasteiger partial charge in [0.05, 0.1) is 0 Å². The van der Waals surface area contributed by atoms with E-state index in [4.69, 9.17) is 5.73 Å². The van der Waals surface area contributed by atoms with Crippen molar-refractivity contribution in [3.8, 4) is 0 Å². The van der Waals surface area contributed by atoms with Gasteiger partial charge < -0.3 is 5.73 Å². The van der Waals surface area contributed by atoms with Gasteiger partial charge in [0, 0.05) is 0 Å². The van der Waals surface area contributed by atoms with Gasteiger partial charge in [-0.3, -0.25) is 0 Å². The quantitative estimate of drug-likeness (QED) is 0.815. The smallest absolute Gasteiger partial charge is 0.319 e. The monoisotopic (exact) mass is 265 g/mol. The third kappa shape index (κ3) is 2.09. The lowest BCUT2D eigenvalue weighted by Crippen LogP contribution is -2.45. The summed E-state index contributed by atoms with van der Waals surface area (Å²) in [5.74, 6) is -4.92. The van der Waals surface area contributed by atoms with Crippen LogP contribution in [0.15, 0.2) is 18.2 Å². The average molecular weight is 265 g/mol. The van der Waals surface area contributed by atoms with Crippen LogP contribution in [-0.4, -0.2) is 12.1 Å². The first-order chi connectivity index (χ1) is 8.23. The third-order valence-corrected chi connectivity index (χ3v) is 3.25. The van der Waals surface area contributed by atoms with E-state index in [1.807, 2.05) is 0 Å². The molecule has 1 nitrogen and oxygen atoms in total. The molecule has 0 spiro atoms. The summed E-state index contributed by atoms with van der Waals surface area (Å²) in [6, 6.07) is 1.86. The third-order valence-electron chi connectivity index (χ3n) is 3.25. The minimum absolute atomic E-state index is 0.169. The molecule has 0 bridgehead atoms. The molecule has 1 aliphatic carbocycles. The Morgan fingerprint density at radius 2 is 1.61 bits per heavy atom. The molecule has 1 aliphatic rings. The van der Waals surface area contributed by atoms with Gasteiger partial charge in [-0.2, -0.15) is 22.0 Å². The van der Waals surface area contributed by atoms with Gasteiger partial charge in [-0.1, -0.05) is 18.2 Å². The van der Waals surface area contributed by atoms with Crippen LogP contribution >= 0.6 is 0 Å². The second kappa shape index (κ2) is 4.19. The number of nitrogens with two attached hydrogens (primary N) is 1. The molecule has 1 unspecified atom stereocenters. The van der Waals surface area contributed by atoms with Crippen LogP contribution in [0.1, 0.15) is 29.2 Å². The number of fused-ring (bicyclic) bond motifs is 1. The van der Waals surface area contributed by atoms with E-state index < -0.39 is 18.1 Å². The molecule has 0 saturated heterocycles. The molecule has 100 valence electrons. The van der Waals surface area contributed by atoms with Crippen molar-refractivity contribution in [1.29, 1.82) is 0 Å². The molecule has 1 aromatic carbocycles. The summed E-state index contributed by atoms with van der Waals surface area (Å²) in [6.45, 7) is 0. The second-order valence-corrected chi connectivity index (χ2v) is 4.48. The molecule has 1 aromatic rings. The summed E-state index contributed by atoms with van der Waals surface area (Å²) in [5.41, 5.74) is 6.74. The molecule has 0 heterocycles. The zero-order valence-corrected chi connectivity index (χ0v) is 9.40. The molecule has 0 fully saturated rings. The van der Waals surface area contributed by atoms with Gasteiger partial charge in [0.1, 0.15) is 6.04 Å². The van der Waals surface area contributed by atoms with Gasteiger partial charge in [-0.05, 0) is 36.0 Å². The van der Waals surface area contributed by atoms with Crippen molar-refractivity contribution in [1.82, 2.24) is 0 Å². The Bertz CT molecular complexity index is 452. The molecule has 0 radical (unpaired) electrons. The van der Waals surface area contributed by atoms with Gasteiger partial charge in [-0.15, -0.1) is 0 Å². The van der Waals surface area contributed by atoms with Crippen LogP contribution in [0.4, 0.5) is 22.0 Å². The molecule has 18 heavy (non-hydrogen) atoms. The number of rotatable bonds is 2. The van der Waals surface area contributed by atoms with Crippen molar-refractivity contribution in [3.05, 3.63) is 34.9 Å². The molecule has 2 rings (SSSR count). The lowest BCUT2D eigenvalue weighted by Gasteiger charge is -2.26. The maximum Gasteiger partial charge on any atom is 0.455 e. The fraction of sp³-hybridized carbons (Fsp3) is 0.500. The number of hydrogen-bond donors (Lipinski definition) is 1. The van der Waals surface area contributed by atoms with Crippen molar-refractivity contribution in [2.45, 2.75) is 37.4 Å². The fourth-order valence-electron chi connectivity index (χ4n) is 2.17. The van der Waals surface area contributed by atoms with Crippen LogP contribution in [0.2, 0.25) is 0 Å². The van der Waals surface area contributed by atoms with Crippen molar-refractivity contribution in [3.63, 3.8) is 0 Å². The summed E-state index contributed by atoms with van der Waals surface area (Å²) in [6.07, 6.45) is -3.21. The van der Waals surface area contributed by atoms with Crippen LogP contribution in [0.3, 0.4) is 0 Å². The Hall–Kier alpha value is -1.17. The van der Waals surface area contributed by atoms with E-state index in [2.05, 4.69) is 0 Å². The first-order valence-electron chi connectivity index (χ1n) is 5.55. The molecule has 0 saturated carbocycles. The highest BCUT2D eigenvalue weighted by Gasteiger charge is 2.61. The number of hydrogen-bond acceptors (Lipinski definition) is 1. The lowest BCUT2D eigenvalue weighted by atomic mass is 9.97. The van der Waals surface area contributed by atoms with Crippen LogP contribution in [-0.2, 0) is 12.8 Å². The molecule has 2 N–H and O–H groups in total. The molecular weight excluding hydrogens is 253 g/mol. The molecular formula is C12H12F5N. The van der Waals surface area contributed by atoms with E-state index in [1.54, 1.807) is 6.07 Å². The van der Waals surface area contributed by atoms with Crippen LogP contribution in [0, 0.1) is 0 Å². The predicted molar refractivity (Wildman–Crippen MR) is 56.4 cm³/mol. The Labute approximate surface area is 101 Å². The topological polar surface area (TPSA) is 26.0 Å². The summed E-state index contributed by atoms with van der Waals surface area (Å²) in [7, 11) is 0. The Kier molecular flexibility index (Phi) is 3.09. The maximum atomic E-state index is 13.1. The Morgan fingerprint density at radius 3 is 2.22 bits per heavy atom. The number of halogens is 5. The highest BCUT2D eigenvalue weighted by Crippen LogP contribution is 2.43. The molecule has 0 amide bonds. The molecule has 0 aromatic heterocycles. The van der Waals surface area contributed by atoms with Crippen molar-refractivity contribution >= 4 is 0 Å². The first kappa shape index (κ1) is 13.3. The van der Waals surface area contributed by atoms with E-state index in [-0.39, 0.29) is 5.56 Å². The van der Waals surface area contributed by atoms with Gasteiger partial charge in [-0.25, -0.2) is 0 Å². The number of benzene rings is 1.